The average molecular weight is 832 g/mol. The molecule has 0 N–H and O–H groups in total. The van der Waals surface area contributed by atoms with E-state index in [-0.39, 0.29) is 23.3 Å². The topological polar surface area (TPSA) is 44.8 Å². The van der Waals surface area contributed by atoms with E-state index in [4.69, 9.17) is 14.2 Å². The molecule has 0 radical (unpaired) electrons. The standard InChI is InChI=1S/C26H38IO4.3C4H9.Sn/c1-16(2)23(28)31-22-8-7-20-19-6-5-17-13-26(29-14-18(27)15-30-26)12-11-24(17,3)21(19)9-10-25(20,22)4;3*1-3-4-2;/h17-22H,1-2,5-15H2,3-4H3;3*1,3-4H2,2H3;/t17?,18?,19-,20-,21-,22+,24-,25-,26?;;;;/m0..../s1. The largest absolute Gasteiger partial charge is 0.349 e. The van der Waals surface area contributed by atoms with Gasteiger partial charge in [-0.25, -0.2) is 0 Å². The van der Waals surface area contributed by atoms with E-state index in [1.165, 1.54) is 90.4 Å². The van der Waals surface area contributed by atoms with Crippen LogP contribution in [0.4, 0.5) is 0 Å². The molecule has 0 bridgehead atoms. The number of alkyl halides is 1. The van der Waals surface area contributed by atoms with Crippen LogP contribution in [-0.4, -0.2) is 53.4 Å². The number of rotatable bonds is 13. The molecular weight excluding hydrogens is 766 g/mol. The normalized spacial score (nSPS) is 40.2. The van der Waals surface area contributed by atoms with Crippen LogP contribution in [-0.2, 0) is 19.0 Å². The zero-order valence-corrected chi connectivity index (χ0v) is 34.0. The first-order chi connectivity index (χ1) is 21.0. The van der Waals surface area contributed by atoms with Crippen molar-refractivity contribution in [1.82, 2.24) is 0 Å². The van der Waals surface area contributed by atoms with E-state index >= 15 is 0 Å². The number of esters is 1. The Kier molecular flexibility index (Phi) is 12.3. The molecule has 252 valence electrons. The van der Waals surface area contributed by atoms with Gasteiger partial charge in [0.25, 0.3) is 0 Å². The summed E-state index contributed by atoms with van der Waals surface area (Å²) in [6, 6.07) is 0. The van der Waals surface area contributed by atoms with E-state index in [0.29, 0.717) is 21.2 Å². The summed E-state index contributed by atoms with van der Waals surface area (Å²) in [6.45, 7) is 18.2. The van der Waals surface area contributed by atoms with Gasteiger partial charge in [0.05, 0.1) is 17.1 Å². The van der Waals surface area contributed by atoms with Crippen molar-refractivity contribution in [3.05, 3.63) is 12.2 Å². The fraction of sp³-hybridized carbons (Fsp3) is 0.921. The number of carbonyl (C=O) groups is 1. The SMILES string of the molecule is C=C([CH2][Sn]([CH2]CCC)([CH2]CCC)[CH2]CCC)C(=O)O[C@@H]1CC[C@H]2[C@@H]3CCC4CC5(CC[C@]4(C)[C@H]3CC[C@]12C)OCC(I)CO5. The second-order valence-corrected chi connectivity index (χ2v) is 32.2. The Bertz CT molecular complexity index is 972. The molecule has 4 saturated carbocycles. The van der Waals surface area contributed by atoms with Gasteiger partial charge in [0.2, 0.25) is 0 Å². The van der Waals surface area contributed by atoms with Gasteiger partial charge in [-0.1, -0.05) is 22.6 Å². The summed E-state index contributed by atoms with van der Waals surface area (Å²) in [5, 5.41) is 0. The Hall–Kier alpha value is 0.659. The van der Waals surface area contributed by atoms with Crippen LogP contribution in [0, 0.1) is 34.5 Å². The van der Waals surface area contributed by atoms with Crippen molar-refractivity contribution >= 4 is 46.9 Å². The van der Waals surface area contributed by atoms with Crippen molar-refractivity contribution in [2.75, 3.05) is 13.2 Å². The molecule has 1 saturated heterocycles. The number of unbranched alkanes of at least 4 members (excludes halogenated alkanes) is 3. The minimum atomic E-state index is -2.49. The molecule has 1 heterocycles. The van der Waals surface area contributed by atoms with Gasteiger partial charge in [0, 0.05) is 0 Å². The summed E-state index contributed by atoms with van der Waals surface area (Å²) in [4.78, 5) is 13.8. The molecule has 5 fully saturated rings. The minimum Gasteiger partial charge on any atom is -0.349 e. The Labute approximate surface area is 288 Å². The van der Waals surface area contributed by atoms with Crippen molar-refractivity contribution in [3.63, 3.8) is 0 Å². The van der Waals surface area contributed by atoms with Crippen molar-refractivity contribution in [2.45, 2.75) is 164 Å². The van der Waals surface area contributed by atoms with Gasteiger partial charge in [-0.05, 0) is 0 Å². The van der Waals surface area contributed by atoms with Crippen LogP contribution in [0.1, 0.15) is 131 Å². The predicted molar refractivity (Wildman–Crippen MR) is 193 cm³/mol. The Morgan fingerprint density at radius 3 is 2.07 bits per heavy atom. The molecule has 5 rings (SSSR count). The van der Waals surface area contributed by atoms with Crippen LogP contribution >= 0.6 is 22.6 Å². The zero-order valence-electron chi connectivity index (χ0n) is 29.0. The van der Waals surface area contributed by atoms with Gasteiger partial charge < -0.3 is 9.47 Å². The van der Waals surface area contributed by atoms with Crippen molar-refractivity contribution < 1.29 is 19.0 Å². The molecule has 1 aliphatic heterocycles. The van der Waals surface area contributed by atoms with Gasteiger partial charge in [0.15, 0.2) is 5.79 Å². The zero-order chi connectivity index (χ0) is 31.6. The third kappa shape index (κ3) is 7.31. The molecule has 0 aromatic rings. The second-order valence-electron chi connectivity index (χ2n) is 16.6. The first kappa shape index (κ1) is 36.0. The molecular formula is C38H65IO4Sn. The number of carbonyl (C=O) groups excluding carboxylic acids is 1. The van der Waals surface area contributed by atoms with Gasteiger partial charge >= 0.3 is 235 Å². The van der Waals surface area contributed by atoms with Crippen LogP contribution in [0.5, 0.6) is 0 Å². The predicted octanol–water partition coefficient (Wildman–Crippen LogP) is 10.9. The number of halogens is 1. The molecule has 0 aromatic heterocycles. The molecule has 4 nitrogen and oxygen atoms in total. The molecule has 6 heteroatoms. The quantitative estimate of drug-likeness (QED) is 0.0610. The van der Waals surface area contributed by atoms with E-state index < -0.39 is 18.4 Å². The molecule has 7 atom stereocenters. The van der Waals surface area contributed by atoms with E-state index in [1.807, 2.05) is 0 Å². The second kappa shape index (κ2) is 15.0. The molecule has 0 aromatic carbocycles. The van der Waals surface area contributed by atoms with Crippen LogP contribution in [0.3, 0.4) is 0 Å². The fourth-order valence-corrected chi connectivity index (χ4v) is 27.7. The number of hydrogen-bond acceptors (Lipinski definition) is 4. The minimum absolute atomic E-state index is 0.0426. The number of hydrogen-bond donors (Lipinski definition) is 0. The van der Waals surface area contributed by atoms with Crippen LogP contribution in [0.15, 0.2) is 12.2 Å². The summed E-state index contributed by atoms with van der Waals surface area (Å²) < 4.78 is 25.1. The Balaban J connectivity index is 1.22. The van der Waals surface area contributed by atoms with Gasteiger partial charge in [-0.3, -0.25) is 0 Å². The first-order valence-corrected chi connectivity index (χ1v) is 28.2. The van der Waals surface area contributed by atoms with Crippen LogP contribution in [0.25, 0.3) is 0 Å². The van der Waals surface area contributed by atoms with Crippen molar-refractivity contribution in [2.24, 2.45) is 34.5 Å². The van der Waals surface area contributed by atoms with Gasteiger partial charge in [0.1, 0.15) is 0 Å². The summed E-state index contributed by atoms with van der Waals surface area (Å²) in [5.41, 5.74) is 1.34. The third-order valence-corrected chi connectivity index (χ3v) is 30.1. The summed E-state index contributed by atoms with van der Waals surface area (Å²) >= 11 is -0.0278. The van der Waals surface area contributed by atoms with Crippen LogP contribution < -0.4 is 0 Å². The maximum Gasteiger partial charge on any atom is 0.0641 e. The maximum absolute atomic E-state index is 13.8. The summed E-state index contributed by atoms with van der Waals surface area (Å²) in [6.07, 6.45) is 18.6. The molecule has 5 aliphatic rings. The molecule has 1 spiro atoms. The van der Waals surface area contributed by atoms with E-state index in [9.17, 15) is 4.79 Å². The average Bonchev–Trinajstić information content (AvgIpc) is 3.35. The van der Waals surface area contributed by atoms with Gasteiger partial charge in [-0.2, -0.15) is 0 Å². The van der Waals surface area contributed by atoms with E-state index in [1.54, 1.807) is 0 Å². The Morgan fingerprint density at radius 2 is 1.45 bits per heavy atom. The summed E-state index contributed by atoms with van der Waals surface area (Å²) in [7, 11) is 0. The number of fused-ring (bicyclic) bond motifs is 5. The monoisotopic (exact) mass is 832 g/mol. The molecule has 1 unspecified atom stereocenters. The molecule has 44 heavy (non-hydrogen) atoms. The van der Waals surface area contributed by atoms with Crippen molar-refractivity contribution in [3.8, 4) is 0 Å². The first-order valence-electron chi connectivity index (χ1n) is 18.8. The van der Waals surface area contributed by atoms with E-state index in [2.05, 4.69) is 63.8 Å². The molecule has 4 aliphatic carbocycles. The maximum atomic E-state index is 13.8. The Morgan fingerprint density at radius 1 is 0.841 bits per heavy atom. The summed E-state index contributed by atoms with van der Waals surface area (Å²) in [5.74, 6) is 2.57. The van der Waals surface area contributed by atoms with Crippen LogP contribution in [0.2, 0.25) is 17.7 Å². The van der Waals surface area contributed by atoms with E-state index in [0.717, 1.165) is 54.3 Å². The molecule has 0 amide bonds. The third-order valence-electron chi connectivity index (χ3n) is 13.9. The number of ether oxygens (including phenoxy) is 3. The fourth-order valence-electron chi connectivity index (χ4n) is 11.2. The smallest absolute Gasteiger partial charge is 0.0641 e. The van der Waals surface area contributed by atoms with Crippen molar-refractivity contribution in [1.29, 1.82) is 0 Å². The van der Waals surface area contributed by atoms with Gasteiger partial charge in [-0.15, -0.1) is 0 Å².